The standard InChI is InChI=1S/C20H24BrNOS/c1-13(2)15-8-7-9-16(14(3)4)20(15)22-19(23)12-24-18-11-6-5-10-17(18)21/h5-11,13-14H,12H2,1-4H3,(H,22,23). The molecular formula is C20H24BrNOS. The van der Waals surface area contributed by atoms with Gasteiger partial charge < -0.3 is 5.32 Å². The number of para-hydroxylation sites is 1. The summed E-state index contributed by atoms with van der Waals surface area (Å²) in [5, 5.41) is 3.16. The van der Waals surface area contributed by atoms with Crippen LogP contribution in [0.3, 0.4) is 0 Å². The average molecular weight is 406 g/mol. The Morgan fingerprint density at radius 1 is 1.00 bits per heavy atom. The van der Waals surface area contributed by atoms with E-state index in [9.17, 15) is 4.79 Å². The van der Waals surface area contributed by atoms with Crippen molar-refractivity contribution in [3.8, 4) is 0 Å². The number of thioether (sulfide) groups is 1. The van der Waals surface area contributed by atoms with E-state index >= 15 is 0 Å². The molecule has 0 aliphatic heterocycles. The van der Waals surface area contributed by atoms with Gasteiger partial charge in [0.1, 0.15) is 0 Å². The molecule has 2 rings (SSSR count). The molecule has 0 aliphatic rings. The third-order valence-corrected chi connectivity index (χ3v) is 5.86. The van der Waals surface area contributed by atoms with Crippen LogP contribution in [0.2, 0.25) is 0 Å². The zero-order chi connectivity index (χ0) is 17.7. The van der Waals surface area contributed by atoms with E-state index in [-0.39, 0.29) is 5.91 Å². The summed E-state index contributed by atoms with van der Waals surface area (Å²) in [4.78, 5) is 13.6. The molecule has 0 aliphatic carbocycles. The highest BCUT2D eigenvalue weighted by molar-refractivity contribution is 9.10. The highest BCUT2D eigenvalue weighted by Crippen LogP contribution is 2.33. The van der Waals surface area contributed by atoms with Gasteiger partial charge in [0, 0.05) is 15.1 Å². The maximum Gasteiger partial charge on any atom is 0.234 e. The molecule has 4 heteroatoms. The normalized spacial score (nSPS) is 11.1. The van der Waals surface area contributed by atoms with Crippen molar-refractivity contribution < 1.29 is 4.79 Å². The summed E-state index contributed by atoms with van der Waals surface area (Å²) < 4.78 is 1.02. The Morgan fingerprint density at radius 2 is 1.58 bits per heavy atom. The summed E-state index contributed by atoms with van der Waals surface area (Å²) in [5.41, 5.74) is 3.38. The van der Waals surface area contributed by atoms with Gasteiger partial charge in [-0.25, -0.2) is 0 Å². The molecule has 2 aromatic rings. The number of nitrogens with one attached hydrogen (secondary N) is 1. The van der Waals surface area contributed by atoms with Gasteiger partial charge in [-0.1, -0.05) is 58.0 Å². The van der Waals surface area contributed by atoms with E-state index in [2.05, 4.69) is 67.1 Å². The van der Waals surface area contributed by atoms with Gasteiger partial charge in [-0.2, -0.15) is 0 Å². The molecule has 1 N–H and O–H groups in total. The number of carbonyl (C=O) groups excluding carboxylic acids is 1. The first-order valence-corrected chi connectivity index (χ1v) is 9.98. The second-order valence-electron chi connectivity index (χ2n) is 6.39. The van der Waals surface area contributed by atoms with Crippen LogP contribution in [0, 0.1) is 0 Å². The highest BCUT2D eigenvalue weighted by atomic mass is 79.9. The van der Waals surface area contributed by atoms with Gasteiger partial charge in [-0.15, -0.1) is 11.8 Å². The number of rotatable bonds is 6. The van der Waals surface area contributed by atoms with E-state index in [0.29, 0.717) is 17.6 Å². The van der Waals surface area contributed by atoms with Gasteiger partial charge >= 0.3 is 0 Å². The van der Waals surface area contributed by atoms with Gasteiger partial charge in [0.2, 0.25) is 5.91 Å². The Bertz CT molecular complexity index is 686. The van der Waals surface area contributed by atoms with Gasteiger partial charge in [0.25, 0.3) is 0 Å². The molecule has 0 saturated carbocycles. The lowest BCUT2D eigenvalue weighted by molar-refractivity contribution is -0.113. The number of carbonyl (C=O) groups is 1. The van der Waals surface area contributed by atoms with Crippen molar-refractivity contribution in [3.63, 3.8) is 0 Å². The van der Waals surface area contributed by atoms with Crippen LogP contribution in [0.15, 0.2) is 51.8 Å². The van der Waals surface area contributed by atoms with Gasteiger partial charge in [-0.05, 0) is 51.0 Å². The molecule has 2 nitrogen and oxygen atoms in total. The van der Waals surface area contributed by atoms with Gasteiger partial charge in [0.05, 0.1) is 5.75 Å². The predicted octanol–water partition coefficient (Wildman–Crippen LogP) is 6.43. The summed E-state index contributed by atoms with van der Waals surface area (Å²) in [6.45, 7) is 8.63. The molecule has 0 radical (unpaired) electrons. The summed E-state index contributed by atoms with van der Waals surface area (Å²) in [5.74, 6) is 1.17. The van der Waals surface area contributed by atoms with E-state index in [1.807, 2.05) is 24.3 Å². The number of benzene rings is 2. The topological polar surface area (TPSA) is 29.1 Å². The zero-order valence-corrected chi connectivity index (χ0v) is 17.0. The summed E-state index contributed by atoms with van der Waals surface area (Å²) in [6, 6.07) is 14.3. The molecule has 0 fully saturated rings. The first-order chi connectivity index (χ1) is 11.4. The Kier molecular flexibility index (Phi) is 6.93. The molecule has 24 heavy (non-hydrogen) atoms. The van der Waals surface area contributed by atoms with Crippen LogP contribution in [0.5, 0.6) is 0 Å². The Hall–Kier alpha value is -1.26. The average Bonchev–Trinajstić information content (AvgIpc) is 2.53. The number of hydrogen-bond acceptors (Lipinski definition) is 2. The molecule has 2 aromatic carbocycles. The quantitative estimate of drug-likeness (QED) is 0.561. The largest absolute Gasteiger partial charge is 0.325 e. The molecule has 1 amide bonds. The maximum absolute atomic E-state index is 12.5. The van der Waals surface area contributed by atoms with E-state index in [1.165, 1.54) is 11.1 Å². The third-order valence-electron chi connectivity index (χ3n) is 3.83. The number of anilines is 1. The van der Waals surface area contributed by atoms with Gasteiger partial charge in [-0.3, -0.25) is 4.79 Å². The molecule has 0 spiro atoms. The van der Waals surface area contributed by atoms with E-state index < -0.39 is 0 Å². The van der Waals surface area contributed by atoms with E-state index in [1.54, 1.807) is 11.8 Å². The molecule has 0 unspecified atom stereocenters. The van der Waals surface area contributed by atoms with Crippen LogP contribution >= 0.6 is 27.7 Å². The van der Waals surface area contributed by atoms with Crippen molar-refractivity contribution in [2.24, 2.45) is 0 Å². The number of halogens is 1. The summed E-state index contributed by atoms with van der Waals surface area (Å²) >= 11 is 5.07. The second kappa shape index (κ2) is 8.72. The fraction of sp³-hybridized carbons (Fsp3) is 0.350. The lowest BCUT2D eigenvalue weighted by Crippen LogP contribution is -2.17. The smallest absolute Gasteiger partial charge is 0.234 e. The molecular weight excluding hydrogens is 382 g/mol. The van der Waals surface area contributed by atoms with E-state index in [4.69, 9.17) is 0 Å². The van der Waals surface area contributed by atoms with Crippen LogP contribution in [-0.2, 0) is 4.79 Å². The van der Waals surface area contributed by atoms with E-state index in [0.717, 1.165) is 15.1 Å². The van der Waals surface area contributed by atoms with Gasteiger partial charge in [0.15, 0.2) is 0 Å². The Morgan fingerprint density at radius 3 is 2.12 bits per heavy atom. The second-order valence-corrected chi connectivity index (χ2v) is 8.26. The monoisotopic (exact) mass is 405 g/mol. The fourth-order valence-corrected chi connectivity index (χ4v) is 3.94. The first-order valence-electron chi connectivity index (χ1n) is 8.20. The minimum atomic E-state index is 0.0331. The lowest BCUT2D eigenvalue weighted by atomic mass is 9.92. The first kappa shape index (κ1) is 19.1. The van der Waals surface area contributed by atoms with Crippen molar-refractivity contribution in [1.29, 1.82) is 0 Å². The van der Waals surface area contributed by atoms with Crippen LogP contribution in [0.25, 0.3) is 0 Å². The molecule has 0 aromatic heterocycles. The Labute approximate surface area is 157 Å². The van der Waals surface area contributed by atoms with Crippen molar-refractivity contribution in [3.05, 3.63) is 58.1 Å². The molecule has 0 saturated heterocycles. The fourth-order valence-electron chi connectivity index (χ4n) is 2.58. The minimum Gasteiger partial charge on any atom is -0.325 e. The molecule has 0 heterocycles. The predicted molar refractivity (Wildman–Crippen MR) is 108 cm³/mol. The lowest BCUT2D eigenvalue weighted by Gasteiger charge is -2.20. The number of amides is 1. The molecule has 128 valence electrons. The van der Waals surface area contributed by atoms with Crippen molar-refractivity contribution in [2.75, 3.05) is 11.1 Å². The maximum atomic E-state index is 12.5. The SMILES string of the molecule is CC(C)c1cccc(C(C)C)c1NC(=O)CSc1ccccc1Br. The van der Waals surface area contributed by atoms with Crippen LogP contribution in [-0.4, -0.2) is 11.7 Å². The molecule has 0 bridgehead atoms. The third kappa shape index (κ3) is 4.87. The Balaban J connectivity index is 2.15. The number of hydrogen-bond donors (Lipinski definition) is 1. The summed E-state index contributed by atoms with van der Waals surface area (Å²) in [6.07, 6.45) is 0. The summed E-state index contributed by atoms with van der Waals surface area (Å²) in [7, 11) is 0. The van der Waals surface area contributed by atoms with Crippen LogP contribution < -0.4 is 5.32 Å². The van der Waals surface area contributed by atoms with Crippen LogP contribution in [0.4, 0.5) is 5.69 Å². The minimum absolute atomic E-state index is 0.0331. The zero-order valence-electron chi connectivity index (χ0n) is 14.6. The highest BCUT2D eigenvalue weighted by Gasteiger charge is 2.16. The van der Waals surface area contributed by atoms with Crippen molar-refractivity contribution in [1.82, 2.24) is 0 Å². The molecule has 0 atom stereocenters. The van der Waals surface area contributed by atoms with Crippen LogP contribution in [0.1, 0.15) is 50.7 Å². The van der Waals surface area contributed by atoms with Crippen molar-refractivity contribution in [2.45, 2.75) is 44.4 Å². The van der Waals surface area contributed by atoms with Crippen molar-refractivity contribution >= 4 is 39.3 Å².